The van der Waals surface area contributed by atoms with Crippen molar-refractivity contribution in [3.05, 3.63) is 52.8 Å². The lowest BCUT2D eigenvalue weighted by molar-refractivity contribution is 0.0696. The fourth-order valence-electron chi connectivity index (χ4n) is 2.12. The highest BCUT2D eigenvalue weighted by Crippen LogP contribution is 2.24. The summed E-state index contributed by atoms with van der Waals surface area (Å²) < 4.78 is 0. The van der Waals surface area contributed by atoms with Crippen LogP contribution in [0, 0.1) is 13.8 Å². The maximum atomic E-state index is 11.6. The van der Waals surface area contributed by atoms with Gasteiger partial charge in [-0.1, -0.05) is 6.07 Å². The van der Waals surface area contributed by atoms with E-state index in [0.717, 1.165) is 5.69 Å². The smallest absolute Gasteiger partial charge is 0.335 e. The molecule has 0 bridgehead atoms. The van der Waals surface area contributed by atoms with Gasteiger partial charge in [0, 0.05) is 11.4 Å². The molecular formula is C15H15N3O3. The van der Waals surface area contributed by atoms with Crippen LogP contribution in [-0.2, 0) is 0 Å². The van der Waals surface area contributed by atoms with E-state index in [1.165, 1.54) is 12.1 Å². The van der Waals surface area contributed by atoms with Crippen molar-refractivity contribution in [1.29, 1.82) is 0 Å². The molecule has 0 aliphatic carbocycles. The number of primary amides is 1. The number of aromatic carboxylic acids is 1. The molecule has 0 fully saturated rings. The van der Waals surface area contributed by atoms with Crippen molar-refractivity contribution in [2.75, 3.05) is 5.32 Å². The second kappa shape index (κ2) is 5.62. The van der Waals surface area contributed by atoms with Crippen LogP contribution in [0.5, 0.6) is 0 Å². The van der Waals surface area contributed by atoms with Gasteiger partial charge in [-0.25, -0.2) is 4.79 Å². The third-order valence-electron chi connectivity index (χ3n) is 2.96. The van der Waals surface area contributed by atoms with E-state index in [1.807, 2.05) is 0 Å². The molecule has 0 saturated carbocycles. The van der Waals surface area contributed by atoms with E-state index in [0.29, 0.717) is 22.6 Å². The number of aryl methyl sites for hydroxylation is 2. The van der Waals surface area contributed by atoms with Crippen LogP contribution in [-0.4, -0.2) is 22.0 Å². The van der Waals surface area contributed by atoms with Gasteiger partial charge in [0.15, 0.2) is 0 Å². The van der Waals surface area contributed by atoms with E-state index in [9.17, 15) is 9.59 Å². The van der Waals surface area contributed by atoms with Crippen LogP contribution in [0.3, 0.4) is 0 Å². The topological polar surface area (TPSA) is 105 Å². The van der Waals surface area contributed by atoms with Crippen molar-refractivity contribution >= 4 is 23.3 Å². The van der Waals surface area contributed by atoms with Gasteiger partial charge in [0.2, 0.25) is 0 Å². The van der Waals surface area contributed by atoms with E-state index in [2.05, 4.69) is 10.3 Å². The summed E-state index contributed by atoms with van der Waals surface area (Å²) in [4.78, 5) is 26.8. The summed E-state index contributed by atoms with van der Waals surface area (Å²) in [6.07, 6.45) is 0. The van der Waals surface area contributed by atoms with Gasteiger partial charge in [-0.2, -0.15) is 0 Å². The first-order valence-corrected chi connectivity index (χ1v) is 6.27. The maximum Gasteiger partial charge on any atom is 0.335 e. The average Bonchev–Trinajstić information content (AvgIpc) is 2.37. The monoisotopic (exact) mass is 285 g/mol. The Hall–Kier alpha value is -2.89. The highest BCUT2D eigenvalue weighted by molar-refractivity contribution is 6.00. The molecule has 1 aromatic heterocycles. The van der Waals surface area contributed by atoms with Gasteiger partial charge >= 0.3 is 5.97 Å². The Morgan fingerprint density at radius 2 is 1.95 bits per heavy atom. The van der Waals surface area contributed by atoms with Gasteiger partial charge < -0.3 is 16.2 Å². The number of carboxylic acids is 1. The molecule has 0 aliphatic rings. The predicted octanol–water partition coefficient (Wildman–Crippen LogP) is 2.24. The Morgan fingerprint density at radius 1 is 1.24 bits per heavy atom. The van der Waals surface area contributed by atoms with Crippen molar-refractivity contribution in [3.8, 4) is 0 Å². The second-order valence-corrected chi connectivity index (χ2v) is 4.65. The molecule has 6 heteroatoms. The van der Waals surface area contributed by atoms with E-state index >= 15 is 0 Å². The lowest BCUT2D eigenvalue weighted by Gasteiger charge is -2.13. The fourth-order valence-corrected chi connectivity index (χ4v) is 2.12. The van der Waals surface area contributed by atoms with Crippen LogP contribution in [0.1, 0.15) is 32.1 Å². The number of carbonyl (C=O) groups excluding carboxylic acids is 1. The Kier molecular flexibility index (Phi) is 3.89. The molecule has 0 atom stereocenters. The molecule has 2 rings (SSSR count). The Bertz CT molecular complexity index is 726. The van der Waals surface area contributed by atoms with Crippen LogP contribution >= 0.6 is 0 Å². The van der Waals surface area contributed by atoms with Crippen LogP contribution in [0.2, 0.25) is 0 Å². The van der Waals surface area contributed by atoms with Crippen molar-refractivity contribution in [3.63, 3.8) is 0 Å². The Morgan fingerprint density at radius 3 is 2.57 bits per heavy atom. The number of carboxylic acid groups (broad SMARTS) is 1. The number of amides is 1. The van der Waals surface area contributed by atoms with Gasteiger partial charge in [-0.3, -0.25) is 9.78 Å². The zero-order valence-electron chi connectivity index (χ0n) is 11.7. The van der Waals surface area contributed by atoms with E-state index in [4.69, 9.17) is 10.8 Å². The molecular weight excluding hydrogens is 270 g/mol. The summed E-state index contributed by atoms with van der Waals surface area (Å²) in [7, 11) is 0. The molecule has 4 N–H and O–H groups in total. The maximum absolute atomic E-state index is 11.6. The second-order valence-electron chi connectivity index (χ2n) is 4.65. The molecule has 0 unspecified atom stereocenters. The number of hydrogen-bond donors (Lipinski definition) is 3. The number of anilines is 2. The molecule has 108 valence electrons. The number of pyridine rings is 1. The lowest BCUT2D eigenvalue weighted by Crippen LogP contribution is -2.16. The molecule has 0 saturated heterocycles. The minimum atomic E-state index is -1.02. The summed E-state index contributed by atoms with van der Waals surface area (Å²) >= 11 is 0. The quantitative estimate of drug-likeness (QED) is 0.799. The predicted molar refractivity (Wildman–Crippen MR) is 78.9 cm³/mol. The van der Waals surface area contributed by atoms with Crippen molar-refractivity contribution < 1.29 is 14.7 Å². The molecule has 2 aromatic rings. The van der Waals surface area contributed by atoms with E-state index in [1.54, 1.807) is 32.0 Å². The molecule has 21 heavy (non-hydrogen) atoms. The van der Waals surface area contributed by atoms with Gasteiger partial charge in [0.05, 0.1) is 22.5 Å². The van der Waals surface area contributed by atoms with Crippen molar-refractivity contribution in [2.45, 2.75) is 13.8 Å². The number of carbonyl (C=O) groups is 2. The van der Waals surface area contributed by atoms with Gasteiger partial charge in [0.1, 0.15) is 0 Å². The molecule has 1 amide bonds. The molecule has 0 radical (unpaired) electrons. The van der Waals surface area contributed by atoms with Crippen LogP contribution in [0.25, 0.3) is 0 Å². The number of nitrogens with one attached hydrogen (secondary N) is 1. The molecule has 0 spiro atoms. The van der Waals surface area contributed by atoms with Crippen LogP contribution in [0.15, 0.2) is 30.3 Å². The van der Waals surface area contributed by atoms with E-state index in [-0.39, 0.29) is 5.56 Å². The minimum absolute atomic E-state index is 0.156. The minimum Gasteiger partial charge on any atom is -0.478 e. The Balaban J connectivity index is 2.46. The number of nitrogens with two attached hydrogens (primary N) is 1. The largest absolute Gasteiger partial charge is 0.478 e. The van der Waals surface area contributed by atoms with Crippen LogP contribution in [0.4, 0.5) is 11.4 Å². The van der Waals surface area contributed by atoms with Crippen molar-refractivity contribution in [2.24, 2.45) is 5.73 Å². The number of nitrogens with zero attached hydrogens (tertiary/aromatic N) is 1. The van der Waals surface area contributed by atoms with Crippen LogP contribution < -0.4 is 11.1 Å². The zero-order valence-corrected chi connectivity index (χ0v) is 11.7. The highest BCUT2D eigenvalue weighted by Gasteiger charge is 2.14. The summed E-state index contributed by atoms with van der Waals surface area (Å²) in [6, 6.07) is 8.00. The number of aromatic nitrogens is 1. The SMILES string of the molecule is Cc1cc(Nc2cccc(C(=O)O)c2)c(C(N)=O)c(C)n1. The summed E-state index contributed by atoms with van der Waals surface area (Å²) in [6.45, 7) is 3.50. The molecule has 1 aromatic carbocycles. The standard InChI is InChI=1S/C15H15N3O3/c1-8-6-12(13(14(16)19)9(2)17-8)18-11-5-3-4-10(7-11)15(20)21/h3-7H,1-2H3,(H2,16,19)(H,17,18)(H,20,21). The fraction of sp³-hybridized carbons (Fsp3) is 0.133. The van der Waals surface area contributed by atoms with Gasteiger partial charge in [-0.15, -0.1) is 0 Å². The number of hydrogen-bond acceptors (Lipinski definition) is 4. The third kappa shape index (κ3) is 3.17. The number of rotatable bonds is 4. The van der Waals surface area contributed by atoms with Crippen molar-refractivity contribution in [1.82, 2.24) is 4.98 Å². The summed E-state index contributed by atoms with van der Waals surface area (Å²) in [5.41, 5.74) is 8.16. The third-order valence-corrected chi connectivity index (χ3v) is 2.96. The first-order chi connectivity index (χ1) is 9.88. The van der Waals surface area contributed by atoms with Gasteiger partial charge in [-0.05, 0) is 38.1 Å². The molecule has 1 heterocycles. The summed E-state index contributed by atoms with van der Waals surface area (Å²) in [5.74, 6) is -1.60. The lowest BCUT2D eigenvalue weighted by atomic mass is 10.1. The molecule has 0 aliphatic heterocycles. The zero-order chi connectivity index (χ0) is 15.6. The summed E-state index contributed by atoms with van der Waals surface area (Å²) in [5, 5.41) is 12.0. The number of benzene rings is 1. The van der Waals surface area contributed by atoms with Gasteiger partial charge in [0.25, 0.3) is 5.91 Å². The van der Waals surface area contributed by atoms with E-state index < -0.39 is 11.9 Å². The molecule has 6 nitrogen and oxygen atoms in total. The first kappa shape index (κ1) is 14.5. The Labute approximate surface area is 121 Å². The first-order valence-electron chi connectivity index (χ1n) is 6.27. The highest BCUT2D eigenvalue weighted by atomic mass is 16.4. The normalized spacial score (nSPS) is 10.2. The average molecular weight is 285 g/mol.